The second-order valence-corrected chi connectivity index (χ2v) is 6.96. The molecule has 5 nitrogen and oxygen atoms in total. The molecule has 0 bridgehead atoms. The number of hydrogen-bond donors (Lipinski definition) is 0. The van der Waals surface area contributed by atoms with E-state index >= 15 is 0 Å². The molecule has 1 aromatic rings. The highest BCUT2D eigenvalue weighted by molar-refractivity contribution is 5.68. The Morgan fingerprint density at radius 1 is 1.12 bits per heavy atom. The maximum atomic E-state index is 12.8. The lowest BCUT2D eigenvalue weighted by Crippen LogP contribution is -2.39. The Bertz CT molecular complexity index is 528. The number of carbonyl (C=O) groups excluding carboxylic acids is 1. The predicted octanol–water partition coefficient (Wildman–Crippen LogP) is 3.15. The van der Waals surface area contributed by atoms with Crippen LogP contribution < -0.4 is 4.74 Å². The zero-order chi connectivity index (χ0) is 17.6. The number of ether oxygens (including phenoxy) is 2. The van der Waals surface area contributed by atoms with Crippen LogP contribution in [0.1, 0.15) is 27.2 Å². The number of rotatable bonds is 4. The first kappa shape index (κ1) is 18.5. The summed E-state index contributed by atoms with van der Waals surface area (Å²) in [5.74, 6) is 0.402. The Kier molecular flexibility index (Phi) is 6.43. The Morgan fingerprint density at radius 3 is 2.50 bits per heavy atom. The highest BCUT2D eigenvalue weighted by atomic mass is 19.1. The van der Waals surface area contributed by atoms with Gasteiger partial charge in [0, 0.05) is 32.7 Å². The van der Waals surface area contributed by atoms with Crippen molar-refractivity contribution < 1.29 is 18.7 Å². The minimum Gasteiger partial charge on any atom is -0.492 e. The summed E-state index contributed by atoms with van der Waals surface area (Å²) in [5.41, 5.74) is -0.466. The van der Waals surface area contributed by atoms with Gasteiger partial charge in [0.15, 0.2) is 0 Å². The fourth-order valence-electron chi connectivity index (χ4n) is 2.53. The second-order valence-electron chi connectivity index (χ2n) is 6.96. The summed E-state index contributed by atoms with van der Waals surface area (Å²) < 4.78 is 23.9. The fraction of sp³-hybridized carbons (Fsp3) is 0.611. The van der Waals surface area contributed by atoms with Crippen LogP contribution in [0.25, 0.3) is 0 Å². The average molecular weight is 338 g/mol. The van der Waals surface area contributed by atoms with Gasteiger partial charge in [-0.1, -0.05) is 0 Å². The van der Waals surface area contributed by atoms with Gasteiger partial charge in [0.25, 0.3) is 0 Å². The van der Waals surface area contributed by atoms with Gasteiger partial charge in [0.2, 0.25) is 0 Å². The summed E-state index contributed by atoms with van der Waals surface area (Å²) in [5, 5.41) is 0. The van der Waals surface area contributed by atoms with Crippen LogP contribution in [0.2, 0.25) is 0 Å². The highest BCUT2D eigenvalue weighted by Gasteiger charge is 2.24. The van der Waals surface area contributed by atoms with E-state index in [4.69, 9.17) is 9.47 Å². The summed E-state index contributed by atoms with van der Waals surface area (Å²) in [6.45, 7) is 10.0. The van der Waals surface area contributed by atoms with E-state index in [1.807, 2.05) is 20.8 Å². The maximum Gasteiger partial charge on any atom is 0.410 e. The molecule has 0 spiro atoms. The van der Waals surface area contributed by atoms with Gasteiger partial charge in [-0.15, -0.1) is 0 Å². The molecule has 24 heavy (non-hydrogen) atoms. The van der Waals surface area contributed by atoms with Crippen LogP contribution in [0.5, 0.6) is 5.75 Å². The van der Waals surface area contributed by atoms with Gasteiger partial charge in [-0.25, -0.2) is 9.18 Å². The van der Waals surface area contributed by atoms with Crippen LogP contribution in [0, 0.1) is 5.82 Å². The van der Waals surface area contributed by atoms with Crippen LogP contribution >= 0.6 is 0 Å². The molecular formula is C18H27FN2O3. The van der Waals surface area contributed by atoms with Crippen molar-refractivity contribution in [2.75, 3.05) is 39.3 Å². The first-order valence-electron chi connectivity index (χ1n) is 8.42. The van der Waals surface area contributed by atoms with E-state index in [2.05, 4.69) is 4.90 Å². The molecule has 1 saturated heterocycles. The monoisotopic (exact) mass is 338 g/mol. The molecule has 6 heteroatoms. The van der Waals surface area contributed by atoms with Crippen molar-refractivity contribution in [3.63, 3.8) is 0 Å². The third kappa shape index (κ3) is 6.35. The van der Waals surface area contributed by atoms with Crippen LogP contribution in [-0.2, 0) is 4.74 Å². The van der Waals surface area contributed by atoms with Crippen molar-refractivity contribution in [1.29, 1.82) is 0 Å². The van der Waals surface area contributed by atoms with E-state index in [1.165, 1.54) is 12.1 Å². The molecule has 1 aromatic carbocycles. The molecule has 0 radical (unpaired) electrons. The fourth-order valence-corrected chi connectivity index (χ4v) is 2.53. The minimum absolute atomic E-state index is 0.244. The van der Waals surface area contributed by atoms with Crippen molar-refractivity contribution in [3.05, 3.63) is 30.1 Å². The van der Waals surface area contributed by atoms with Gasteiger partial charge < -0.3 is 14.4 Å². The Hall–Kier alpha value is -1.82. The molecule has 1 aliphatic rings. The molecule has 134 valence electrons. The number of carbonyl (C=O) groups is 1. The average Bonchev–Trinajstić information content (AvgIpc) is 2.73. The van der Waals surface area contributed by atoms with Crippen molar-refractivity contribution in [2.24, 2.45) is 0 Å². The summed E-state index contributed by atoms with van der Waals surface area (Å²) in [7, 11) is 0. The van der Waals surface area contributed by atoms with E-state index in [-0.39, 0.29) is 11.9 Å². The molecule has 0 atom stereocenters. The summed E-state index contributed by atoms with van der Waals surface area (Å²) in [6, 6.07) is 6.03. The molecule has 0 unspecified atom stereocenters. The maximum absolute atomic E-state index is 12.8. The Morgan fingerprint density at radius 2 is 1.83 bits per heavy atom. The van der Waals surface area contributed by atoms with Gasteiger partial charge in [0.05, 0.1) is 0 Å². The van der Waals surface area contributed by atoms with Crippen LogP contribution in [-0.4, -0.2) is 60.8 Å². The molecule has 1 amide bonds. The lowest BCUT2D eigenvalue weighted by molar-refractivity contribution is 0.0257. The van der Waals surface area contributed by atoms with Crippen molar-refractivity contribution >= 4 is 6.09 Å². The number of halogens is 1. The Labute approximate surface area is 143 Å². The molecule has 0 aliphatic carbocycles. The molecule has 2 rings (SSSR count). The summed E-state index contributed by atoms with van der Waals surface area (Å²) in [6.07, 6.45) is 0.669. The molecule has 0 aromatic heterocycles. The van der Waals surface area contributed by atoms with Crippen LogP contribution in [0.4, 0.5) is 9.18 Å². The highest BCUT2D eigenvalue weighted by Crippen LogP contribution is 2.13. The largest absolute Gasteiger partial charge is 0.492 e. The first-order chi connectivity index (χ1) is 11.3. The van der Waals surface area contributed by atoms with Gasteiger partial charge in [0.1, 0.15) is 23.8 Å². The summed E-state index contributed by atoms with van der Waals surface area (Å²) >= 11 is 0. The molecule has 0 saturated carbocycles. The Balaban J connectivity index is 1.72. The molecule has 1 fully saturated rings. The molecule has 0 N–H and O–H groups in total. The SMILES string of the molecule is CC(C)(C)OC(=O)N1CCCN(CCOc2ccc(F)cc2)CC1. The third-order valence-corrected chi connectivity index (χ3v) is 3.73. The first-order valence-corrected chi connectivity index (χ1v) is 8.42. The van der Waals surface area contributed by atoms with E-state index in [1.54, 1.807) is 17.0 Å². The van der Waals surface area contributed by atoms with Crippen LogP contribution in [0.15, 0.2) is 24.3 Å². The van der Waals surface area contributed by atoms with Crippen molar-refractivity contribution in [2.45, 2.75) is 32.8 Å². The normalized spacial score (nSPS) is 16.6. The number of benzene rings is 1. The van der Waals surface area contributed by atoms with E-state index in [0.29, 0.717) is 25.4 Å². The second kappa shape index (κ2) is 8.33. The van der Waals surface area contributed by atoms with E-state index in [9.17, 15) is 9.18 Å². The van der Waals surface area contributed by atoms with Crippen LogP contribution in [0.3, 0.4) is 0 Å². The van der Waals surface area contributed by atoms with E-state index in [0.717, 1.165) is 26.1 Å². The van der Waals surface area contributed by atoms with Gasteiger partial charge in [-0.3, -0.25) is 4.90 Å². The molecular weight excluding hydrogens is 311 g/mol. The predicted molar refractivity (Wildman–Crippen MR) is 90.8 cm³/mol. The number of nitrogens with zero attached hydrogens (tertiary/aromatic N) is 2. The molecule has 1 aliphatic heterocycles. The topological polar surface area (TPSA) is 42.0 Å². The van der Waals surface area contributed by atoms with Gasteiger partial charge in [-0.05, 0) is 51.5 Å². The minimum atomic E-state index is -0.466. The van der Waals surface area contributed by atoms with E-state index < -0.39 is 5.60 Å². The zero-order valence-corrected chi connectivity index (χ0v) is 14.8. The van der Waals surface area contributed by atoms with Crippen molar-refractivity contribution in [3.8, 4) is 5.75 Å². The number of hydrogen-bond acceptors (Lipinski definition) is 4. The van der Waals surface area contributed by atoms with Crippen molar-refractivity contribution in [1.82, 2.24) is 9.80 Å². The standard InChI is InChI=1S/C18H27FN2O3/c1-18(2,3)24-17(22)21-10-4-9-20(11-12-21)13-14-23-16-7-5-15(19)6-8-16/h5-8H,4,9-14H2,1-3H3. The quantitative estimate of drug-likeness (QED) is 0.846. The number of amides is 1. The smallest absolute Gasteiger partial charge is 0.410 e. The lowest BCUT2D eigenvalue weighted by Gasteiger charge is -2.26. The third-order valence-electron chi connectivity index (χ3n) is 3.73. The van der Waals surface area contributed by atoms with Gasteiger partial charge >= 0.3 is 6.09 Å². The zero-order valence-electron chi connectivity index (χ0n) is 14.8. The van der Waals surface area contributed by atoms with Gasteiger partial charge in [-0.2, -0.15) is 0 Å². The molecule has 1 heterocycles. The lowest BCUT2D eigenvalue weighted by atomic mass is 10.2. The summed E-state index contributed by atoms with van der Waals surface area (Å²) in [4.78, 5) is 16.2.